The fourth-order valence-corrected chi connectivity index (χ4v) is 10.1. The molecule has 0 saturated carbocycles. The summed E-state index contributed by atoms with van der Waals surface area (Å²) in [6.45, 7) is 7.05. The lowest BCUT2D eigenvalue weighted by atomic mass is 10.1. The van der Waals surface area contributed by atoms with Gasteiger partial charge in [0.05, 0.1) is 48.5 Å². The number of esters is 2. The first-order chi connectivity index (χ1) is 31.1. The number of likely N-dealkylation sites (tertiary alicyclic amines) is 2. The zero-order chi connectivity index (χ0) is 47.0. The Morgan fingerprint density at radius 3 is 1.74 bits per heavy atom. The summed E-state index contributed by atoms with van der Waals surface area (Å²) in [5.74, 6) is 0.427. The van der Waals surface area contributed by atoms with E-state index in [1.807, 2.05) is 0 Å². The van der Waals surface area contributed by atoms with Crippen molar-refractivity contribution in [3.63, 3.8) is 0 Å². The van der Waals surface area contributed by atoms with Crippen molar-refractivity contribution in [2.75, 3.05) is 62.4 Å². The third-order valence-corrected chi connectivity index (χ3v) is 14.2. The third kappa shape index (κ3) is 16.0. The molecule has 4 aromatic heterocycles. The number of hydrogen-bond acceptors (Lipinski definition) is 14. The number of rotatable bonds is 6. The summed E-state index contributed by atoms with van der Waals surface area (Å²) in [5, 5.41) is 16.0. The van der Waals surface area contributed by atoms with Crippen molar-refractivity contribution in [1.82, 2.24) is 28.6 Å². The van der Waals surface area contributed by atoms with E-state index in [-0.39, 0.29) is 60.1 Å². The molecule has 4 aliphatic heterocycles. The van der Waals surface area contributed by atoms with Crippen molar-refractivity contribution in [2.45, 2.75) is 97.7 Å². The van der Waals surface area contributed by atoms with Gasteiger partial charge in [0.1, 0.15) is 28.8 Å². The molecule has 0 bridgehead atoms. The zero-order valence-corrected chi connectivity index (χ0v) is 38.3. The molecule has 364 valence electrons. The van der Waals surface area contributed by atoms with Gasteiger partial charge in [-0.1, -0.05) is 17.7 Å². The molecule has 0 spiro atoms. The maximum atomic E-state index is 11.8. The Labute approximate surface area is 384 Å². The van der Waals surface area contributed by atoms with E-state index in [4.69, 9.17) is 19.3 Å². The van der Waals surface area contributed by atoms with Crippen LogP contribution in [0.25, 0.3) is 11.3 Å². The molecule has 4 fully saturated rings. The smallest absolute Gasteiger partial charge is 0.362 e. The highest BCUT2D eigenvalue weighted by Crippen LogP contribution is 2.22. The van der Waals surface area contributed by atoms with Crippen LogP contribution < -0.4 is 10.2 Å². The highest BCUT2D eigenvalue weighted by molar-refractivity contribution is 7.91. The van der Waals surface area contributed by atoms with Gasteiger partial charge in [-0.3, -0.25) is 13.6 Å². The molecule has 0 unspecified atom stereocenters. The maximum absolute atomic E-state index is 11.8. The average Bonchev–Trinajstić information content (AvgIpc) is 3.93. The number of sulfone groups is 2. The number of aliphatic hydroxyl groups excluding tert-OH is 1. The number of urea groups is 2. The number of pyridine rings is 2. The molecule has 0 aliphatic carbocycles. The second kappa shape index (κ2) is 25.3. The van der Waals surface area contributed by atoms with E-state index < -0.39 is 31.6 Å². The van der Waals surface area contributed by atoms with E-state index >= 15 is 0 Å². The van der Waals surface area contributed by atoms with Crippen LogP contribution in [-0.4, -0.2) is 149 Å². The van der Waals surface area contributed by atoms with Crippen molar-refractivity contribution in [3.8, 4) is 5.75 Å². The predicted octanol–water partition coefficient (Wildman–Crippen LogP) is 5.11. The van der Waals surface area contributed by atoms with Gasteiger partial charge in [0.25, 0.3) is 0 Å². The molecule has 2 N–H and O–H groups in total. The summed E-state index contributed by atoms with van der Waals surface area (Å²) in [7, 11) is -5.68. The van der Waals surface area contributed by atoms with Crippen molar-refractivity contribution < 1.29 is 55.3 Å². The number of carbonyl (C=O) groups is 4. The van der Waals surface area contributed by atoms with Gasteiger partial charge in [-0.2, -0.15) is 0 Å². The Morgan fingerprint density at radius 2 is 1.23 bits per heavy atom. The van der Waals surface area contributed by atoms with Crippen LogP contribution in [-0.2, 0) is 29.1 Å². The first-order valence-electron chi connectivity index (χ1n) is 21.8. The Hall–Kier alpha value is -5.68. The molecule has 4 amide bonds. The van der Waals surface area contributed by atoms with Gasteiger partial charge in [0.2, 0.25) is 0 Å². The van der Waals surface area contributed by atoms with Crippen LogP contribution in [0.15, 0.2) is 64.1 Å². The molecule has 0 atom stereocenters. The summed E-state index contributed by atoms with van der Waals surface area (Å²) in [6.07, 6.45) is 13.9. The van der Waals surface area contributed by atoms with Crippen molar-refractivity contribution >= 4 is 55.0 Å². The lowest BCUT2D eigenvalue weighted by molar-refractivity contribution is 0.0508. The minimum Gasteiger partial charge on any atom is -0.490 e. The van der Waals surface area contributed by atoms with Gasteiger partial charge < -0.3 is 34.1 Å². The Bertz CT molecular complexity index is 2500. The van der Waals surface area contributed by atoms with Crippen LogP contribution in [0.1, 0.15) is 106 Å². The van der Waals surface area contributed by atoms with Gasteiger partial charge in [0, 0.05) is 63.0 Å². The number of fused-ring (bicyclic) bond motifs is 2. The molecule has 21 nitrogen and oxygen atoms in total. The quantitative estimate of drug-likeness (QED) is 0.188. The Kier molecular flexibility index (Phi) is 20.3. The van der Waals surface area contributed by atoms with Crippen LogP contribution >= 0.6 is 0 Å². The van der Waals surface area contributed by atoms with E-state index in [1.54, 1.807) is 57.0 Å². The molecule has 23 heteroatoms. The fourth-order valence-electron chi connectivity index (χ4n) is 7.21. The summed E-state index contributed by atoms with van der Waals surface area (Å²) in [6, 6.07) is 5.53. The Balaban J connectivity index is 0.000000200. The molecular weight excluding hydrogens is 901 g/mol. The van der Waals surface area contributed by atoms with Crippen molar-refractivity contribution in [1.29, 1.82) is 0 Å². The second-order valence-corrected chi connectivity index (χ2v) is 20.3. The largest absolute Gasteiger partial charge is 0.490 e. The number of H-pyrrole nitrogens is 1. The van der Waals surface area contributed by atoms with Gasteiger partial charge in [-0.15, -0.1) is 0 Å². The lowest BCUT2D eigenvalue weighted by Crippen LogP contribution is -2.35. The summed E-state index contributed by atoms with van der Waals surface area (Å²) >= 11 is 0. The number of piperidine rings is 2. The number of imidazole rings is 2. The third-order valence-electron chi connectivity index (χ3n) is 10.8. The highest BCUT2D eigenvalue weighted by atomic mass is 32.2. The van der Waals surface area contributed by atoms with E-state index in [2.05, 4.69) is 20.2 Å². The minimum atomic E-state index is -2.90. The van der Waals surface area contributed by atoms with Crippen molar-refractivity contribution in [2.24, 2.45) is 10.2 Å². The number of ether oxygens (including phenoxy) is 3. The molecule has 4 aliphatic rings. The van der Waals surface area contributed by atoms with E-state index in [1.165, 1.54) is 24.5 Å². The van der Waals surface area contributed by atoms with Crippen molar-refractivity contribution in [3.05, 3.63) is 70.7 Å². The van der Waals surface area contributed by atoms with Gasteiger partial charge in [-0.25, -0.2) is 41.0 Å². The van der Waals surface area contributed by atoms with Gasteiger partial charge in [-0.05, 0) is 84.1 Å². The van der Waals surface area contributed by atoms with E-state index in [0.29, 0.717) is 67.3 Å². The lowest BCUT2D eigenvalue weighted by Gasteiger charge is -2.25. The van der Waals surface area contributed by atoms with Crippen LogP contribution in [0.3, 0.4) is 0 Å². The van der Waals surface area contributed by atoms with Crippen LogP contribution in [0.5, 0.6) is 5.75 Å². The van der Waals surface area contributed by atoms with Crippen LogP contribution in [0.2, 0.25) is 0 Å². The average molecular weight is 963 g/mol. The predicted molar refractivity (Wildman–Crippen MR) is 245 cm³/mol. The molecule has 8 rings (SSSR count). The molecule has 8 heterocycles. The number of carbonyl (C=O) groups excluding carboxylic acids is 4. The molecular formula is C43H62N8O13S2. The second-order valence-electron chi connectivity index (χ2n) is 15.7. The topological polar surface area (TPSA) is 270 Å². The number of amides is 4. The van der Waals surface area contributed by atoms with E-state index in [0.717, 1.165) is 64.7 Å². The maximum Gasteiger partial charge on any atom is 0.362 e. The summed E-state index contributed by atoms with van der Waals surface area (Å²) in [5.41, 5.74) is 1.79. The van der Waals surface area contributed by atoms with E-state index in [9.17, 15) is 40.8 Å². The highest BCUT2D eigenvalue weighted by Gasteiger charge is 2.26. The zero-order valence-electron chi connectivity index (χ0n) is 36.7. The molecule has 0 aromatic carbocycles. The molecule has 0 radical (unpaired) electrons. The Morgan fingerprint density at radius 1 is 0.727 bits per heavy atom. The SMILES string of the molecule is C.CCOC(=O)c1c[nH]c2cc(=O)ccn12.CCOC(=O)c1cnc2cc(OC3CCS(=O)(=O)CC3)ccn12.O=C(N=NC(=O)N1CCCCC1)N1CCCCC1.O=S1(=O)CCC(O)CC1. The first-order valence-corrected chi connectivity index (χ1v) is 25.5. The number of aromatic amines is 1. The number of aliphatic hydroxyl groups is 1. The number of aromatic nitrogens is 4. The number of nitrogens with one attached hydrogen (secondary N) is 1. The number of hydrogen-bond donors (Lipinski definition) is 2. The van der Waals surface area contributed by atoms with Gasteiger partial charge >= 0.3 is 24.0 Å². The minimum absolute atomic E-state index is 0. The normalized spacial score (nSPS) is 18.3. The number of azo groups is 1. The molecule has 4 aromatic rings. The van der Waals surface area contributed by atoms with Crippen LogP contribution in [0.4, 0.5) is 9.59 Å². The fraction of sp³-hybridized carbons (Fsp3) is 0.581. The molecule has 66 heavy (non-hydrogen) atoms. The first kappa shape index (κ1) is 52.9. The van der Waals surface area contributed by atoms with Gasteiger partial charge in [0.15, 0.2) is 30.8 Å². The standard InChI is InChI=1S/C15H18N2O5S.C12H20N4O2.C10H10N2O3.C5H10O3S.CH4/c1-2-21-15(18)13-10-16-14-9-12(3-6-17(13)14)22-11-4-7-23(19,20)8-5-11;17-11(15-7-3-1-4-8-15)13-14-12(18)16-9-5-2-6-10-16;1-2-15-10(14)8-6-11-9-5-7(13)3-4-12(8)9;6-5-1-3-9(7,8)4-2-5;/h3,6,9-11H,2,4-5,7-8H2,1H3;1-10H2;3-6,11H,2H2,1H3;5-6H,1-4H2;1H4. The monoisotopic (exact) mass is 962 g/mol. The molecule has 4 saturated heterocycles. The van der Waals surface area contributed by atoms with Crippen LogP contribution in [0, 0.1) is 0 Å². The number of nitrogens with zero attached hydrogens (tertiary/aromatic N) is 7. The summed E-state index contributed by atoms with van der Waals surface area (Å²) < 4.78 is 63.1. The summed E-state index contributed by atoms with van der Waals surface area (Å²) in [4.78, 5) is 68.0.